The average molecular weight is 393 g/mol. The van der Waals surface area contributed by atoms with E-state index < -0.39 is 11.8 Å². The van der Waals surface area contributed by atoms with Gasteiger partial charge in [0, 0.05) is 11.4 Å². The number of carboxylic acids is 1. The van der Waals surface area contributed by atoms with Crippen molar-refractivity contribution in [2.75, 3.05) is 9.80 Å². The minimum absolute atomic E-state index is 0.0580. The van der Waals surface area contributed by atoms with Gasteiger partial charge in [-0.2, -0.15) is 5.26 Å². The normalized spacial score (nSPS) is 21.1. The van der Waals surface area contributed by atoms with Gasteiger partial charge in [0.25, 0.3) is 0 Å². The molecule has 0 radical (unpaired) electrons. The van der Waals surface area contributed by atoms with Crippen molar-refractivity contribution in [3.63, 3.8) is 0 Å². The van der Waals surface area contributed by atoms with Crippen molar-refractivity contribution in [3.8, 4) is 6.07 Å². The number of carbonyl (C=O) groups excluding carboxylic acids is 1. The van der Waals surface area contributed by atoms with Crippen molar-refractivity contribution in [1.82, 2.24) is 0 Å². The van der Waals surface area contributed by atoms with E-state index in [0.29, 0.717) is 16.9 Å². The predicted molar refractivity (Wildman–Crippen MR) is 106 cm³/mol. The van der Waals surface area contributed by atoms with Crippen LogP contribution in [0.5, 0.6) is 0 Å². The number of benzene rings is 2. The summed E-state index contributed by atoms with van der Waals surface area (Å²) in [6, 6.07) is 10.5. The summed E-state index contributed by atoms with van der Waals surface area (Å²) in [5, 5.41) is 18.2. The fourth-order valence-corrected chi connectivity index (χ4v) is 4.48. The number of amides is 2. The van der Waals surface area contributed by atoms with Crippen LogP contribution in [0.3, 0.4) is 0 Å². The van der Waals surface area contributed by atoms with E-state index in [1.807, 2.05) is 0 Å². The van der Waals surface area contributed by atoms with E-state index in [0.717, 1.165) is 25.7 Å². The second-order valence-corrected chi connectivity index (χ2v) is 7.52. The number of nitrogens with zero attached hydrogens (tertiary/aromatic N) is 3. The lowest BCUT2D eigenvalue weighted by Crippen LogP contribution is -2.40. The highest BCUT2D eigenvalue weighted by Crippen LogP contribution is 2.40. The Morgan fingerprint density at radius 1 is 1.10 bits per heavy atom. The van der Waals surface area contributed by atoms with Gasteiger partial charge in [-0.15, -0.1) is 0 Å². The van der Waals surface area contributed by atoms with Crippen molar-refractivity contribution in [2.24, 2.45) is 0 Å². The third-order valence-electron chi connectivity index (χ3n) is 5.84. The molecule has 2 amide bonds. The lowest BCUT2D eigenvalue weighted by atomic mass is 9.89. The number of hydrogen-bond donors (Lipinski definition) is 1. The van der Waals surface area contributed by atoms with Crippen LogP contribution in [0.15, 0.2) is 36.4 Å². The molecule has 0 spiro atoms. The first-order valence-corrected chi connectivity index (χ1v) is 9.58. The molecule has 4 rings (SSSR count). The first kappa shape index (κ1) is 18.9. The fraction of sp³-hybridized carbons (Fsp3) is 0.318. The van der Waals surface area contributed by atoms with Crippen LogP contribution in [-0.2, 0) is 0 Å². The Kier molecular flexibility index (Phi) is 4.71. The van der Waals surface area contributed by atoms with Gasteiger partial charge in [-0.25, -0.2) is 14.0 Å². The molecule has 0 bridgehead atoms. The number of rotatable bonds is 3. The SMILES string of the molecule is Cc1cc(N2C(=O)N(c3ccc(C#N)c(F)c3)[C@@H]3CCCC[C@H]32)ccc1C(=O)O. The van der Waals surface area contributed by atoms with E-state index in [4.69, 9.17) is 5.26 Å². The van der Waals surface area contributed by atoms with E-state index in [2.05, 4.69) is 0 Å². The van der Waals surface area contributed by atoms with Crippen LogP contribution in [-0.4, -0.2) is 29.2 Å². The Bertz CT molecular complexity index is 1050. The monoisotopic (exact) mass is 393 g/mol. The molecule has 1 heterocycles. The first-order valence-electron chi connectivity index (χ1n) is 9.58. The molecular formula is C22H20FN3O3. The van der Waals surface area contributed by atoms with Gasteiger partial charge < -0.3 is 5.11 Å². The molecule has 6 nitrogen and oxygen atoms in total. The van der Waals surface area contributed by atoms with Crippen LogP contribution in [0.4, 0.5) is 20.6 Å². The summed E-state index contributed by atoms with van der Waals surface area (Å²) in [7, 11) is 0. The van der Waals surface area contributed by atoms with Crippen molar-refractivity contribution in [1.29, 1.82) is 5.26 Å². The van der Waals surface area contributed by atoms with E-state index in [1.54, 1.807) is 41.0 Å². The first-order chi connectivity index (χ1) is 13.9. The van der Waals surface area contributed by atoms with E-state index in [9.17, 15) is 19.1 Å². The molecule has 1 N–H and O–H groups in total. The Morgan fingerprint density at radius 2 is 1.69 bits per heavy atom. The molecule has 1 aliphatic carbocycles. The van der Waals surface area contributed by atoms with Gasteiger partial charge in [0.15, 0.2) is 0 Å². The minimum Gasteiger partial charge on any atom is -0.478 e. The zero-order valence-electron chi connectivity index (χ0n) is 15.9. The van der Waals surface area contributed by atoms with Crippen LogP contribution in [0.25, 0.3) is 0 Å². The predicted octanol–water partition coefficient (Wildman–Crippen LogP) is 4.46. The third kappa shape index (κ3) is 3.11. The number of anilines is 2. The maximum atomic E-state index is 14.2. The molecule has 2 aromatic carbocycles. The van der Waals surface area contributed by atoms with E-state index in [-0.39, 0.29) is 29.2 Å². The van der Waals surface area contributed by atoms with Crippen molar-refractivity contribution >= 4 is 23.4 Å². The number of carboxylic acid groups (broad SMARTS) is 1. The molecule has 2 fully saturated rings. The van der Waals surface area contributed by atoms with Gasteiger partial charge in [0.2, 0.25) is 0 Å². The van der Waals surface area contributed by atoms with Gasteiger partial charge >= 0.3 is 12.0 Å². The average Bonchev–Trinajstić information content (AvgIpc) is 2.99. The second-order valence-electron chi connectivity index (χ2n) is 7.52. The molecule has 2 aromatic rings. The van der Waals surface area contributed by atoms with E-state index >= 15 is 0 Å². The zero-order valence-corrected chi connectivity index (χ0v) is 15.9. The molecule has 1 aliphatic heterocycles. The third-order valence-corrected chi connectivity index (χ3v) is 5.84. The number of urea groups is 1. The molecule has 1 saturated carbocycles. The Morgan fingerprint density at radius 3 is 2.21 bits per heavy atom. The molecular weight excluding hydrogens is 373 g/mol. The smallest absolute Gasteiger partial charge is 0.335 e. The number of aryl methyl sites for hydroxylation is 1. The number of carbonyl (C=O) groups is 2. The summed E-state index contributed by atoms with van der Waals surface area (Å²) in [6.45, 7) is 1.71. The molecule has 0 unspecified atom stereocenters. The van der Waals surface area contributed by atoms with Crippen molar-refractivity contribution in [2.45, 2.75) is 44.7 Å². The second kappa shape index (κ2) is 7.21. The highest BCUT2D eigenvalue weighted by Gasteiger charge is 2.48. The summed E-state index contributed by atoms with van der Waals surface area (Å²) in [6.07, 6.45) is 3.60. The largest absolute Gasteiger partial charge is 0.478 e. The van der Waals surface area contributed by atoms with E-state index in [1.165, 1.54) is 18.2 Å². The number of hydrogen-bond acceptors (Lipinski definition) is 3. The Balaban J connectivity index is 1.76. The van der Waals surface area contributed by atoms with Gasteiger partial charge in [0.05, 0.1) is 23.2 Å². The fourth-order valence-electron chi connectivity index (χ4n) is 4.48. The van der Waals surface area contributed by atoms with Crippen molar-refractivity contribution in [3.05, 3.63) is 58.9 Å². The standard InChI is InChI=1S/C22H20FN3O3/c1-13-10-15(8-9-17(13)21(27)28)25-19-4-2-3-5-20(19)26(22(25)29)16-7-6-14(12-24)18(23)11-16/h6-11,19-20H,2-5H2,1H3,(H,27,28)/t19-,20-/m1/s1. The highest BCUT2D eigenvalue weighted by atomic mass is 19.1. The Hall–Kier alpha value is -3.40. The molecule has 2 atom stereocenters. The molecule has 0 aromatic heterocycles. The quantitative estimate of drug-likeness (QED) is 0.834. The lowest BCUT2D eigenvalue weighted by Gasteiger charge is -2.32. The maximum absolute atomic E-state index is 14.2. The molecule has 29 heavy (non-hydrogen) atoms. The number of nitriles is 1. The maximum Gasteiger partial charge on any atom is 0.335 e. The van der Waals surface area contributed by atoms with Gasteiger partial charge in [0.1, 0.15) is 11.9 Å². The Labute approximate surface area is 167 Å². The molecule has 1 saturated heterocycles. The van der Waals surface area contributed by atoms with Gasteiger partial charge in [-0.3, -0.25) is 9.80 Å². The van der Waals surface area contributed by atoms with Gasteiger partial charge in [-0.1, -0.05) is 12.8 Å². The summed E-state index contributed by atoms with van der Waals surface area (Å²) in [5.41, 5.74) is 1.80. The lowest BCUT2D eigenvalue weighted by molar-refractivity contribution is 0.0696. The summed E-state index contributed by atoms with van der Waals surface area (Å²) >= 11 is 0. The molecule has 7 heteroatoms. The van der Waals surface area contributed by atoms with Crippen LogP contribution in [0.1, 0.15) is 47.2 Å². The van der Waals surface area contributed by atoms with Crippen LogP contribution in [0, 0.1) is 24.1 Å². The van der Waals surface area contributed by atoms with Crippen LogP contribution in [0.2, 0.25) is 0 Å². The minimum atomic E-state index is -1.01. The zero-order chi connectivity index (χ0) is 20.7. The summed E-state index contributed by atoms with van der Waals surface area (Å²) in [5.74, 6) is -1.66. The summed E-state index contributed by atoms with van der Waals surface area (Å²) < 4.78 is 14.2. The number of halogens is 1. The topological polar surface area (TPSA) is 84.6 Å². The van der Waals surface area contributed by atoms with Crippen LogP contribution >= 0.6 is 0 Å². The number of aromatic carboxylic acids is 1. The van der Waals surface area contributed by atoms with Crippen LogP contribution < -0.4 is 9.80 Å². The molecule has 2 aliphatic rings. The summed E-state index contributed by atoms with van der Waals surface area (Å²) in [4.78, 5) is 28.1. The highest BCUT2D eigenvalue weighted by molar-refractivity contribution is 6.08. The van der Waals surface area contributed by atoms with Crippen molar-refractivity contribution < 1.29 is 19.1 Å². The van der Waals surface area contributed by atoms with Gasteiger partial charge in [-0.05, 0) is 61.7 Å². The number of fused-ring (bicyclic) bond motifs is 1. The molecule has 148 valence electrons.